The van der Waals surface area contributed by atoms with Crippen LogP contribution < -0.4 is 5.32 Å². The molecule has 0 radical (unpaired) electrons. The van der Waals surface area contributed by atoms with Gasteiger partial charge in [-0.25, -0.2) is 0 Å². The fraction of sp³-hybridized carbons (Fsp3) is 0.875. The number of hydrogen-bond acceptors (Lipinski definition) is 2. The number of rotatable bonds is 4. The number of carbonyl (C=O) groups excluding carboxylic acids is 2. The number of carbonyl (C=O) groups is 2. The topological polar surface area (TPSA) is 49.4 Å². The van der Waals surface area contributed by atoms with E-state index in [4.69, 9.17) is 0 Å². The van der Waals surface area contributed by atoms with Crippen molar-refractivity contribution in [1.82, 2.24) is 10.2 Å². The lowest BCUT2D eigenvalue weighted by atomic mass is 9.86. The molecular formula is C16H26N2O2. The van der Waals surface area contributed by atoms with Crippen molar-refractivity contribution in [3.63, 3.8) is 0 Å². The second kappa shape index (κ2) is 6.15. The lowest BCUT2D eigenvalue weighted by molar-refractivity contribution is -0.139. The Bertz CT molecular complexity index is 373. The summed E-state index contributed by atoms with van der Waals surface area (Å²) in [7, 11) is 0. The van der Waals surface area contributed by atoms with Crippen LogP contribution in [0.4, 0.5) is 0 Å². The van der Waals surface area contributed by atoms with Crippen LogP contribution in [0.2, 0.25) is 0 Å². The molecular weight excluding hydrogens is 252 g/mol. The molecule has 0 bridgehead atoms. The minimum absolute atomic E-state index is 0.0852. The van der Waals surface area contributed by atoms with Crippen LogP contribution in [0.1, 0.15) is 64.2 Å². The smallest absolute Gasteiger partial charge is 0.243 e. The van der Waals surface area contributed by atoms with E-state index in [9.17, 15) is 9.59 Å². The van der Waals surface area contributed by atoms with Gasteiger partial charge in [0, 0.05) is 19.0 Å². The monoisotopic (exact) mass is 278 g/mol. The van der Waals surface area contributed by atoms with Gasteiger partial charge >= 0.3 is 0 Å². The molecule has 3 fully saturated rings. The molecule has 0 aromatic carbocycles. The Balaban J connectivity index is 1.53. The molecule has 1 aliphatic heterocycles. The molecule has 0 aromatic heterocycles. The van der Waals surface area contributed by atoms with E-state index in [0.29, 0.717) is 18.4 Å². The molecule has 1 N–H and O–H groups in total. The van der Waals surface area contributed by atoms with Crippen LogP contribution >= 0.6 is 0 Å². The Morgan fingerprint density at radius 3 is 2.40 bits per heavy atom. The predicted octanol–water partition coefficient (Wildman–Crippen LogP) is 2.23. The molecule has 1 saturated heterocycles. The average Bonchev–Trinajstić information content (AvgIpc) is 3.12. The maximum Gasteiger partial charge on any atom is 0.243 e. The zero-order valence-corrected chi connectivity index (χ0v) is 12.3. The second-order valence-corrected chi connectivity index (χ2v) is 6.74. The molecule has 3 rings (SSSR count). The van der Waals surface area contributed by atoms with Crippen LogP contribution in [0.3, 0.4) is 0 Å². The molecule has 4 heteroatoms. The summed E-state index contributed by atoms with van der Waals surface area (Å²) < 4.78 is 0. The first kappa shape index (κ1) is 13.9. The first-order chi connectivity index (χ1) is 9.74. The van der Waals surface area contributed by atoms with Crippen molar-refractivity contribution in [3.8, 4) is 0 Å². The van der Waals surface area contributed by atoms with E-state index >= 15 is 0 Å². The second-order valence-electron chi connectivity index (χ2n) is 6.74. The number of nitrogens with one attached hydrogen (secondary N) is 1. The highest BCUT2D eigenvalue weighted by atomic mass is 16.2. The molecule has 20 heavy (non-hydrogen) atoms. The van der Waals surface area contributed by atoms with E-state index in [0.717, 1.165) is 32.2 Å². The fourth-order valence-corrected chi connectivity index (χ4v) is 3.62. The highest BCUT2D eigenvalue weighted by Gasteiger charge is 2.36. The highest BCUT2D eigenvalue weighted by molar-refractivity contribution is 5.88. The standard InChI is InChI=1S/C16H26N2O2/c19-15(11-12-5-2-1-3-6-12)18-10-4-7-14(18)16(20)17-13-8-9-13/h12-14H,1-11H2,(H,17,20). The van der Waals surface area contributed by atoms with Gasteiger partial charge < -0.3 is 10.2 Å². The van der Waals surface area contributed by atoms with E-state index in [2.05, 4.69) is 5.32 Å². The van der Waals surface area contributed by atoms with Crippen LogP contribution in [0.15, 0.2) is 0 Å². The summed E-state index contributed by atoms with van der Waals surface area (Å²) in [5, 5.41) is 3.05. The molecule has 112 valence electrons. The Morgan fingerprint density at radius 1 is 0.950 bits per heavy atom. The Morgan fingerprint density at radius 2 is 1.70 bits per heavy atom. The summed E-state index contributed by atoms with van der Waals surface area (Å²) in [4.78, 5) is 26.5. The van der Waals surface area contributed by atoms with Crippen molar-refractivity contribution >= 4 is 11.8 Å². The van der Waals surface area contributed by atoms with Gasteiger partial charge in [-0.05, 0) is 44.4 Å². The quantitative estimate of drug-likeness (QED) is 0.857. The van der Waals surface area contributed by atoms with Crippen LogP contribution in [0.5, 0.6) is 0 Å². The molecule has 1 unspecified atom stereocenters. The Kier molecular flexibility index (Phi) is 4.27. The van der Waals surface area contributed by atoms with Crippen LogP contribution in [0.25, 0.3) is 0 Å². The molecule has 4 nitrogen and oxygen atoms in total. The van der Waals surface area contributed by atoms with Crippen molar-refractivity contribution < 1.29 is 9.59 Å². The van der Waals surface area contributed by atoms with Gasteiger partial charge in [0.2, 0.25) is 11.8 Å². The van der Waals surface area contributed by atoms with E-state index in [1.54, 1.807) is 0 Å². The van der Waals surface area contributed by atoms with Crippen molar-refractivity contribution in [2.45, 2.75) is 76.3 Å². The zero-order valence-electron chi connectivity index (χ0n) is 12.3. The number of amides is 2. The lowest BCUT2D eigenvalue weighted by Crippen LogP contribution is -2.46. The van der Waals surface area contributed by atoms with Crippen LogP contribution in [0, 0.1) is 5.92 Å². The van der Waals surface area contributed by atoms with Gasteiger partial charge in [0.25, 0.3) is 0 Å². The SMILES string of the molecule is O=C(NC1CC1)C1CCCN1C(=O)CC1CCCCC1. The Hall–Kier alpha value is -1.06. The molecule has 1 heterocycles. The summed E-state index contributed by atoms with van der Waals surface area (Å²) in [5.74, 6) is 0.858. The van der Waals surface area contributed by atoms with Crippen molar-refractivity contribution in [1.29, 1.82) is 0 Å². The van der Waals surface area contributed by atoms with Crippen LogP contribution in [-0.4, -0.2) is 35.3 Å². The third-order valence-electron chi connectivity index (χ3n) is 4.99. The average molecular weight is 278 g/mol. The summed E-state index contributed by atoms with van der Waals surface area (Å²) in [6.07, 6.45) is 10.9. The summed E-state index contributed by atoms with van der Waals surface area (Å²) in [5.41, 5.74) is 0. The van der Waals surface area contributed by atoms with Gasteiger partial charge in [0.1, 0.15) is 6.04 Å². The predicted molar refractivity (Wildman–Crippen MR) is 77.1 cm³/mol. The lowest BCUT2D eigenvalue weighted by Gasteiger charge is -2.27. The molecule has 2 amide bonds. The molecule has 2 saturated carbocycles. The van der Waals surface area contributed by atoms with E-state index in [1.165, 1.54) is 32.1 Å². The third kappa shape index (κ3) is 3.33. The molecule has 2 aliphatic carbocycles. The minimum Gasteiger partial charge on any atom is -0.352 e. The maximum absolute atomic E-state index is 12.5. The van der Waals surface area contributed by atoms with Gasteiger partial charge in [-0.3, -0.25) is 9.59 Å². The number of nitrogens with zero attached hydrogens (tertiary/aromatic N) is 1. The Labute approximate surface area is 121 Å². The zero-order chi connectivity index (χ0) is 13.9. The number of hydrogen-bond donors (Lipinski definition) is 1. The highest BCUT2D eigenvalue weighted by Crippen LogP contribution is 2.29. The van der Waals surface area contributed by atoms with Gasteiger partial charge in [-0.1, -0.05) is 19.3 Å². The maximum atomic E-state index is 12.5. The first-order valence-corrected chi connectivity index (χ1v) is 8.34. The normalized spacial score (nSPS) is 27.6. The molecule has 0 spiro atoms. The van der Waals surface area contributed by atoms with Crippen molar-refractivity contribution in [2.24, 2.45) is 5.92 Å². The van der Waals surface area contributed by atoms with Gasteiger partial charge in [-0.2, -0.15) is 0 Å². The van der Waals surface area contributed by atoms with E-state index in [-0.39, 0.29) is 17.9 Å². The first-order valence-electron chi connectivity index (χ1n) is 8.34. The third-order valence-corrected chi connectivity index (χ3v) is 4.99. The molecule has 0 aromatic rings. The molecule has 3 aliphatic rings. The largest absolute Gasteiger partial charge is 0.352 e. The minimum atomic E-state index is -0.188. The van der Waals surface area contributed by atoms with Gasteiger partial charge in [0.15, 0.2) is 0 Å². The van der Waals surface area contributed by atoms with Gasteiger partial charge in [-0.15, -0.1) is 0 Å². The number of likely N-dealkylation sites (tertiary alicyclic amines) is 1. The summed E-state index contributed by atoms with van der Waals surface area (Å²) in [6.45, 7) is 0.772. The molecule has 1 atom stereocenters. The van der Waals surface area contributed by atoms with E-state index < -0.39 is 0 Å². The summed E-state index contributed by atoms with van der Waals surface area (Å²) in [6, 6.07) is 0.199. The fourth-order valence-electron chi connectivity index (χ4n) is 3.62. The van der Waals surface area contributed by atoms with E-state index in [1.807, 2.05) is 4.90 Å². The van der Waals surface area contributed by atoms with Crippen molar-refractivity contribution in [2.75, 3.05) is 6.54 Å². The summed E-state index contributed by atoms with van der Waals surface area (Å²) >= 11 is 0. The van der Waals surface area contributed by atoms with Crippen molar-refractivity contribution in [3.05, 3.63) is 0 Å². The van der Waals surface area contributed by atoms with Gasteiger partial charge in [0.05, 0.1) is 0 Å². The van der Waals surface area contributed by atoms with Crippen LogP contribution in [-0.2, 0) is 9.59 Å².